The fourth-order valence-corrected chi connectivity index (χ4v) is 2.02. The van der Waals surface area contributed by atoms with Crippen molar-refractivity contribution >= 4 is 5.91 Å². The van der Waals surface area contributed by atoms with Crippen molar-refractivity contribution in [3.05, 3.63) is 35.9 Å². The summed E-state index contributed by atoms with van der Waals surface area (Å²) in [7, 11) is 0. The topological polar surface area (TPSA) is 119 Å². The first-order valence-corrected chi connectivity index (χ1v) is 6.21. The van der Waals surface area contributed by atoms with Gasteiger partial charge in [-0.15, -0.1) is 0 Å². The van der Waals surface area contributed by atoms with E-state index in [1.807, 2.05) is 0 Å². The zero-order valence-electron chi connectivity index (χ0n) is 10.6. The molecule has 0 bridgehead atoms. The van der Waals surface area contributed by atoms with Crippen LogP contribution in [-0.2, 0) is 4.74 Å². The van der Waals surface area contributed by atoms with Crippen molar-refractivity contribution in [2.45, 2.75) is 30.6 Å². The second-order valence-corrected chi connectivity index (χ2v) is 4.59. The van der Waals surface area contributed by atoms with E-state index in [9.17, 15) is 20.1 Å². The molecule has 0 aromatic heterocycles. The van der Waals surface area contributed by atoms with Gasteiger partial charge in [-0.3, -0.25) is 4.79 Å². The number of rotatable bonds is 3. The normalized spacial score (nSPS) is 33.7. The smallest absolute Gasteiger partial charge is 0.253 e. The van der Waals surface area contributed by atoms with E-state index in [4.69, 9.17) is 9.84 Å². The second-order valence-electron chi connectivity index (χ2n) is 4.59. The molecular formula is C13H17NO6. The molecule has 7 heteroatoms. The number of aliphatic hydroxyl groups is 4. The molecule has 1 heterocycles. The Morgan fingerprint density at radius 2 is 1.75 bits per heavy atom. The van der Waals surface area contributed by atoms with Crippen LogP contribution in [0.3, 0.4) is 0 Å². The average molecular weight is 283 g/mol. The summed E-state index contributed by atoms with van der Waals surface area (Å²) in [4.78, 5) is 11.9. The number of carbonyl (C=O) groups excluding carboxylic acids is 1. The molecule has 1 saturated heterocycles. The van der Waals surface area contributed by atoms with Crippen molar-refractivity contribution in [3.8, 4) is 0 Å². The lowest BCUT2D eigenvalue weighted by molar-refractivity contribution is -0.233. The number of carbonyl (C=O) groups is 1. The molecule has 5 atom stereocenters. The molecule has 1 unspecified atom stereocenters. The highest BCUT2D eigenvalue weighted by molar-refractivity contribution is 5.94. The van der Waals surface area contributed by atoms with Gasteiger partial charge in [0.15, 0.2) is 6.23 Å². The van der Waals surface area contributed by atoms with Gasteiger partial charge in [-0.25, -0.2) is 0 Å². The highest BCUT2D eigenvalue weighted by Crippen LogP contribution is 2.20. The minimum atomic E-state index is -1.51. The molecule has 7 nitrogen and oxygen atoms in total. The Morgan fingerprint density at radius 3 is 2.35 bits per heavy atom. The molecule has 110 valence electrons. The van der Waals surface area contributed by atoms with Gasteiger partial charge < -0.3 is 30.5 Å². The minimum Gasteiger partial charge on any atom is -0.394 e. The van der Waals surface area contributed by atoms with Crippen LogP contribution in [0, 0.1) is 0 Å². The minimum absolute atomic E-state index is 0.365. The summed E-state index contributed by atoms with van der Waals surface area (Å²) in [5.74, 6) is -0.491. The number of benzene rings is 1. The van der Waals surface area contributed by atoms with Crippen molar-refractivity contribution in [2.24, 2.45) is 0 Å². The summed E-state index contributed by atoms with van der Waals surface area (Å²) in [6, 6.07) is 8.29. The Morgan fingerprint density at radius 1 is 1.10 bits per heavy atom. The van der Waals surface area contributed by atoms with Gasteiger partial charge in [0.2, 0.25) is 0 Å². The largest absolute Gasteiger partial charge is 0.394 e. The number of ether oxygens (including phenoxy) is 1. The Balaban J connectivity index is 2.06. The summed E-state index contributed by atoms with van der Waals surface area (Å²) in [5.41, 5.74) is 0.365. The number of hydrogen-bond acceptors (Lipinski definition) is 6. The molecule has 2 rings (SSSR count). The lowest BCUT2D eigenvalue weighted by Crippen LogP contribution is -2.63. The third-order valence-corrected chi connectivity index (χ3v) is 3.20. The van der Waals surface area contributed by atoms with Gasteiger partial charge in [0.25, 0.3) is 5.91 Å². The quantitative estimate of drug-likeness (QED) is 0.447. The number of nitrogens with one attached hydrogen (secondary N) is 1. The van der Waals surface area contributed by atoms with Crippen molar-refractivity contribution in [3.63, 3.8) is 0 Å². The van der Waals surface area contributed by atoms with Gasteiger partial charge in [-0.05, 0) is 12.1 Å². The fourth-order valence-electron chi connectivity index (χ4n) is 2.02. The molecule has 1 aliphatic rings. The Labute approximate surface area is 115 Å². The number of aliphatic hydroxyl groups excluding tert-OH is 4. The van der Waals surface area contributed by atoms with Crippen LogP contribution >= 0.6 is 0 Å². The molecule has 0 saturated carbocycles. The third kappa shape index (κ3) is 2.97. The van der Waals surface area contributed by atoms with E-state index in [1.54, 1.807) is 30.3 Å². The highest BCUT2D eigenvalue weighted by Gasteiger charge is 2.43. The van der Waals surface area contributed by atoms with Crippen molar-refractivity contribution in [1.82, 2.24) is 5.32 Å². The average Bonchev–Trinajstić information content (AvgIpc) is 2.48. The Hall–Kier alpha value is -1.51. The zero-order chi connectivity index (χ0) is 14.7. The Bertz CT molecular complexity index is 451. The van der Waals surface area contributed by atoms with E-state index in [2.05, 4.69) is 5.32 Å². The molecule has 1 aliphatic heterocycles. The Kier molecular flexibility index (Phi) is 4.69. The number of amides is 1. The molecule has 1 fully saturated rings. The summed E-state index contributed by atoms with van der Waals surface area (Å²) < 4.78 is 5.18. The predicted molar refractivity (Wildman–Crippen MR) is 67.7 cm³/mol. The summed E-state index contributed by atoms with van der Waals surface area (Å²) in [6.45, 7) is -0.539. The van der Waals surface area contributed by atoms with E-state index in [-0.39, 0.29) is 0 Å². The molecule has 0 radical (unpaired) electrons. The van der Waals surface area contributed by atoms with Crippen LogP contribution in [0.25, 0.3) is 0 Å². The summed E-state index contributed by atoms with van der Waals surface area (Å²) in [6.07, 6.45) is -6.70. The van der Waals surface area contributed by atoms with E-state index in [0.29, 0.717) is 5.56 Å². The molecule has 1 aromatic carbocycles. The van der Waals surface area contributed by atoms with Crippen LogP contribution in [0.15, 0.2) is 30.3 Å². The first-order chi connectivity index (χ1) is 9.54. The molecule has 0 spiro atoms. The maximum absolute atomic E-state index is 11.9. The van der Waals surface area contributed by atoms with Gasteiger partial charge in [-0.2, -0.15) is 0 Å². The second kappa shape index (κ2) is 6.29. The molecule has 5 N–H and O–H groups in total. The van der Waals surface area contributed by atoms with Crippen LogP contribution in [0.2, 0.25) is 0 Å². The summed E-state index contributed by atoms with van der Waals surface area (Å²) in [5, 5.41) is 40.5. The number of hydrogen-bond donors (Lipinski definition) is 5. The van der Waals surface area contributed by atoms with Gasteiger partial charge in [0.1, 0.15) is 24.4 Å². The molecule has 20 heavy (non-hydrogen) atoms. The van der Waals surface area contributed by atoms with Crippen LogP contribution < -0.4 is 5.32 Å². The van der Waals surface area contributed by atoms with Gasteiger partial charge in [0.05, 0.1) is 6.61 Å². The van der Waals surface area contributed by atoms with Crippen molar-refractivity contribution in [2.75, 3.05) is 6.61 Å². The standard InChI is InChI=1S/C13H17NO6/c15-6-8-9(16)10(17)11(18)13(20-8)14-12(19)7-4-2-1-3-5-7/h1-5,8-11,13,15-18H,6H2,(H,14,19)/t8-,9-,10+,11+,13?/m1/s1. The molecule has 1 aromatic rings. The van der Waals surface area contributed by atoms with Gasteiger partial charge >= 0.3 is 0 Å². The van der Waals surface area contributed by atoms with Crippen molar-refractivity contribution in [1.29, 1.82) is 0 Å². The van der Waals surface area contributed by atoms with Crippen LogP contribution in [-0.4, -0.2) is 63.6 Å². The fraction of sp³-hybridized carbons (Fsp3) is 0.462. The van der Waals surface area contributed by atoms with Gasteiger partial charge in [-0.1, -0.05) is 18.2 Å². The zero-order valence-corrected chi connectivity index (χ0v) is 10.6. The lowest BCUT2D eigenvalue weighted by atomic mass is 9.98. The van der Waals surface area contributed by atoms with E-state index in [0.717, 1.165) is 0 Å². The lowest BCUT2D eigenvalue weighted by Gasteiger charge is -2.40. The molecular weight excluding hydrogens is 266 g/mol. The SMILES string of the molecule is O=C(NC1O[C@H](CO)[C@@H](O)[C@H](O)[C@@H]1O)c1ccccc1. The van der Waals surface area contributed by atoms with Crippen molar-refractivity contribution < 1.29 is 30.0 Å². The van der Waals surface area contributed by atoms with E-state index >= 15 is 0 Å². The predicted octanol–water partition coefficient (Wildman–Crippen LogP) is -1.78. The monoisotopic (exact) mass is 283 g/mol. The van der Waals surface area contributed by atoms with Crippen LogP contribution in [0.4, 0.5) is 0 Å². The van der Waals surface area contributed by atoms with Gasteiger partial charge in [0, 0.05) is 5.56 Å². The third-order valence-electron chi connectivity index (χ3n) is 3.20. The first-order valence-electron chi connectivity index (χ1n) is 6.21. The molecule has 0 aliphatic carbocycles. The first kappa shape index (κ1) is 14.9. The molecule has 1 amide bonds. The van der Waals surface area contributed by atoms with E-state index in [1.165, 1.54) is 0 Å². The van der Waals surface area contributed by atoms with Crippen LogP contribution in [0.5, 0.6) is 0 Å². The maximum Gasteiger partial charge on any atom is 0.253 e. The maximum atomic E-state index is 11.9. The van der Waals surface area contributed by atoms with Crippen LogP contribution in [0.1, 0.15) is 10.4 Å². The summed E-state index contributed by atoms with van der Waals surface area (Å²) >= 11 is 0. The highest BCUT2D eigenvalue weighted by atomic mass is 16.6. The van der Waals surface area contributed by atoms with E-state index < -0.39 is 43.2 Å².